The summed E-state index contributed by atoms with van der Waals surface area (Å²) in [6.45, 7) is 8.65. The van der Waals surface area contributed by atoms with Gasteiger partial charge in [0.2, 0.25) is 5.69 Å². The lowest BCUT2D eigenvalue weighted by atomic mass is 9.78. The Morgan fingerprint density at radius 1 is 0.648 bits per heavy atom. The van der Waals surface area contributed by atoms with Gasteiger partial charge in [-0.3, -0.25) is 32.4 Å². The molecule has 1 fully saturated rings. The van der Waals surface area contributed by atoms with Crippen molar-refractivity contribution in [2.75, 3.05) is 53.2 Å². The number of amides is 2. The van der Waals surface area contributed by atoms with Crippen LogP contribution in [-0.2, 0) is 80.6 Å². The molecular weight excluding hydrogens is 1240 g/mol. The number of hydroxylamine groups is 2. The van der Waals surface area contributed by atoms with Crippen LogP contribution < -0.4 is 14.5 Å². The normalized spacial score (nSPS) is 18.1. The van der Waals surface area contributed by atoms with E-state index in [1.54, 1.807) is 29.2 Å². The van der Waals surface area contributed by atoms with E-state index in [1.165, 1.54) is 36.4 Å². The lowest BCUT2D eigenvalue weighted by molar-refractivity contribution is -0.438. The summed E-state index contributed by atoms with van der Waals surface area (Å²) in [5.41, 5.74) is 4.96. The van der Waals surface area contributed by atoms with Crippen LogP contribution in [-0.4, -0.2) is 141 Å². The Morgan fingerprint density at radius 2 is 1.26 bits per heavy atom. The van der Waals surface area contributed by atoms with Crippen LogP contribution in [0.5, 0.6) is 5.75 Å². The van der Waals surface area contributed by atoms with Gasteiger partial charge in [0.25, 0.3) is 62.4 Å². The van der Waals surface area contributed by atoms with Crippen molar-refractivity contribution in [2.24, 2.45) is 0 Å². The van der Waals surface area contributed by atoms with Gasteiger partial charge in [-0.05, 0) is 166 Å². The second-order valence-corrected chi connectivity index (χ2v) is 30.6. The molecular formula is C59H71N4O20S5+. The quantitative estimate of drug-likeness (QED) is 0.0162. The summed E-state index contributed by atoms with van der Waals surface area (Å²) in [4.78, 5) is 44.9. The zero-order valence-electron chi connectivity index (χ0n) is 48.9. The Bertz CT molecular complexity index is 4140. The highest BCUT2D eigenvalue weighted by Gasteiger charge is 2.46. The second-order valence-electron chi connectivity index (χ2n) is 23.1. The minimum Gasteiger partial charge on any atom is -0.457 e. The van der Waals surface area contributed by atoms with Crippen molar-refractivity contribution in [3.63, 3.8) is 0 Å². The summed E-state index contributed by atoms with van der Waals surface area (Å²) in [6, 6.07) is 18.6. The third-order valence-corrected chi connectivity index (χ3v) is 20.1. The van der Waals surface area contributed by atoms with Gasteiger partial charge in [-0.15, -0.1) is 5.06 Å². The fraction of sp³-hybridized carbons (Fsp3) is 0.424. The summed E-state index contributed by atoms with van der Waals surface area (Å²) < 4.78 is 177. The molecule has 4 aromatic carbocycles. The highest BCUT2D eigenvalue weighted by Crippen LogP contribution is 2.50. The van der Waals surface area contributed by atoms with Crippen molar-refractivity contribution in [2.45, 2.75) is 125 Å². The van der Waals surface area contributed by atoms with E-state index >= 15 is 0 Å². The standard InChI is InChI=1S/C59H70N4O20S5/c1-58(2)48-39-43(60(31-9-35-84(67,68)69)32-10-36-85(70,71)72)18-26-49(48)61(34-11-37-86(73,74)75)51(58)27-16-40-12-8-13-41(57(40)82-44-19-21-45(22-20-44)87(76,77)78)17-28-52-59(3,4)56-47-24-23-46(88(79,80)81)38-42(47)15-25-50(56)62(52)33-7-5-6-14-55(66)83-63-53(64)29-30-54(63)65/h15-28,38-39H,5-14,29-37H2,1-4H3,(H4-,67,68,69,70,71,72,73,74,75,76,77,78,79,80,81)/p+1. The third kappa shape index (κ3) is 16.4. The number of unbranched alkanes of at least 4 members (excludes halogenated alkanes) is 2. The van der Waals surface area contributed by atoms with Crippen molar-refractivity contribution in [3.8, 4) is 5.75 Å². The van der Waals surface area contributed by atoms with Gasteiger partial charge in [0, 0.05) is 85.5 Å². The molecule has 0 atom stereocenters. The van der Waals surface area contributed by atoms with Gasteiger partial charge in [0.1, 0.15) is 18.1 Å². The summed E-state index contributed by atoms with van der Waals surface area (Å²) >= 11 is 0. The van der Waals surface area contributed by atoms with Crippen LogP contribution in [0.1, 0.15) is 116 Å². The Morgan fingerprint density at radius 3 is 1.88 bits per heavy atom. The molecule has 24 nitrogen and oxygen atoms in total. The molecule has 1 saturated heterocycles. The molecule has 1 aliphatic carbocycles. The topological polar surface area (TPSA) is 354 Å². The fourth-order valence-electron chi connectivity index (χ4n) is 11.8. The molecule has 4 aliphatic rings. The Labute approximate surface area is 512 Å². The number of allylic oxidation sites excluding steroid dienone is 7. The number of carbonyl (C=O) groups excluding carboxylic acids is 3. The number of benzene rings is 4. The number of carbonyl (C=O) groups is 3. The predicted octanol–water partition coefficient (Wildman–Crippen LogP) is 8.20. The van der Waals surface area contributed by atoms with Crippen LogP contribution in [0, 0.1) is 0 Å². The molecule has 5 N–H and O–H groups in total. The second kappa shape index (κ2) is 26.4. The van der Waals surface area contributed by atoms with Crippen LogP contribution in [0.3, 0.4) is 0 Å². The van der Waals surface area contributed by atoms with Gasteiger partial charge in [0.15, 0.2) is 5.71 Å². The number of anilines is 2. The third-order valence-electron chi connectivity index (χ3n) is 16.0. The average molecular weight is 1320 g/mol. The van der Waals surface area contributed by atoms with E-state index in [9.17, 15) is 79.2 Å². The number of hydrogen-bond donors (Lipinski definition) is 5. The molecule has 0 unspecified atom stereocenters. The molecule has 88 heavy (non-hydrogen) atoms. The summed E-state index contributed by atoms with van der Waals surface area (Å²) in [6.07, 6.45) is 10.5. The molecule has 0 radical (unpaired) electrons. The van der Waals surface area contributed by atoms with E-state index in [0.29, 0.717) is 83.9 Å². The average Bonchev–Trinajstić information content (AvgIpc) is 1.64. The van der Waals surface area contributed by atoms with Crippen LogP contribution in [0.15, 0.2) is 129 Å². The smallest absolute Gasteiger partial charge is 0.333 e. The zero-order valence-corrected chi connectivity index (χ0v) is 52.9. The first kappa shape index (κ1) is 67.3. The van der Waals surface area contributed by atoms with E-state index in [0.717, 1.165) is 33.5 Å². The number of imide groups is 1. The molecule has 0 bridgehead atoms. The number of nitrogens with zero attached hydrogens (tertiary/aromatic N) is 4. The van der Waals surface area contributed by atoms with Crippen molar-refractivity contribution in [3.05, 3.63) is 131 Å². The molecule has 3 aliphatic heterocycles. The number of hydrogen-bond acceptors (Lipinski definition) is 17. The molecule has 0 saturated carbocycles. The maximum Gasteiger partial charge on any atom is 0.333 e. The Balaban J connectivity index is 1.20. The molecule has 0 aromatic heterocycles. The largest absolute Gasteiger partial charge is 0.457 e. The van der Waals surface area contributed by atoms with E-state index in [4.69, 9.17) is 9.57 Å². The van der Waals surface area contributed by atoms with Crippen molar-refractivity contribution < 1.29 is 93.4 Å². The minimum absolute atomic E-state index is 0.00146. The highest BCUT2D eigenvalue weighted by atomic mass is 32.2. The van der Waals surface area contributed by atoms with Crippen LogP contribution in [0.4, 0.5) is 17.1 Å². The first-order valence-corrected chi connectivity index (χ1v) is 36.1. The molecule has 29 heteroatoms. The molecule has 476 valence electrons. The van der Waals surface area contributed by atoms with Gasteiger partial charge in [0.05, 0.1) is 32.5 Å². The van der Waals surface area contributed by atoms with E-state index in [-0.39, 0.29) is 73.7 Å². The zero-order chi connectivity index (χ0) is 64.4. The van der Waals surface area contributed by atoms with Gasteiger partial charge in [-0.1, -0.05) is 26.0 Å². The fourth-order valence-corrected chi connectivity index (χ4v) is 14.2. The minimum atomic E-state index is -4.58. The molecule has 4 aromatic rings. The Hall–Kier alpha value is -6.67. The van der Waals surface area contributed by atoms with E-state index in [2.05, 4.69) is 4.58 Å². The maximum atomic E-state index is 12.7. The molecule has 2 amide bonds. The molecule has 8 rings (SSSR count). The number of fused-ring (bicyclic) bond motifs is 4. The number of ether oxygens (including phenoxy) is 1. The van der Waals surface area contributed by atoms with Gasteiger partial charge >= 0.3 is 5.97 Å². The highest BCUT2D eigenvalue weighted by molar-refractivity contribution is 7.86. The molecule has 3 heterocycles. The number of rotatable bonds is 27. The van der Waals surface area contributed by atoms with E-state index in [1.807, 2.05) is 69.0 Å². The van der Waals surface area contributed by atoms with Gasteiger partial charge in [-0.25, -0.2) is 4.79 Å². The summed E-state index contributed by atoms with van der Waals surface area (Å²) in [7, 11) is -22.2. The maximum absolute atomic E-state index is 12.7. The lowest BCUT2D eigenvalue weighted by Gasteiger charge is -2.28. The monoisotopic (exact) mass is 1320 g/mol. The Kier molecular flexibility index (Phi) is 20.2. The van der Waals surface area contributed by atoms with Crippen molar-refractivity contribution in [1.82, 2.24) is 5.06 Å². The summed E-state index contributed by atoms with van der Waals surface area (Å²) in [5, 5.41) is 1.80. The molecule has 0 spiro atoms. The lowest BCUT2D eigenvalue weighted by Crippen LogP contribution is -2.31. The van der Waals surface area contributed by atoms with Crippen molar-refractivity contribution in [1.29, 1.82) is 0 Å². The predicted molar refractivity (Wildman–Crippen MR) is 327 cm³/mol. The van der Waals surface area contributed by atoms with Crippen LogP contribution >= 0.6 is 0 Å². The first-order valence-electron chi connectivity index (χ1n) is 28.4. The van der Waals surface area contributed by atoms with Crippen molar-refractivity contribution >= 4 is 102 Å². The first-order chi connectivity index (χ1) is 41.0. The van der Waals surface area contributed by atoms with Crippen LogP contribution in [0.25, 0.3) is 10.8 Å². The van der Waals surface area contributed by atoms with Crippen LogP contribution in [0.2, 0.25) is 0 Å². The SMILES string of the molecule is CC1(C)C(/C=C/C2=C(Oc3ccc(S(=O)(=O)O)cc3)C(=C/C=C3/N(CCCS(=O)(=O)O)c4ccc(N(CCCS(=O)(=O)O)CCCS(=O)(=O)O)cc4C3(C)C)/CCC2)=[N+](CCCCCC(=O)ON2C(=O)CCC2=O)c2ccc3cc(S(=O)(=O)O)ccc3c21. The van der Waals surface area contributed by atoms with E-state index < -0.39 is 96.5 Å². The van der Waals surface area contributed by atoms with Gasteiger partial charge in [-0.2, -0.15) is 46.7 Å². The summed E-state index contributed by atoms with van der Waals surface area (Å²) in [5.74, 6) is -2.94. The van der Waals surface area contributed by atoms with Gasteiger partial charge < -0.3 is 19.4 Å².